The molecule has 0 unspecified atom stereocenters. The molecule has 0 aliphatic heterocycles. The fourth-order valence-corrected chi connectivity index (χ4v) is 1.74. The van der Waals surface area contributed by atoms with Crippen molar-refractivity contribution in [1.29, 1.82) is 0 Å². The van der Waals surface area contributed by atoms with E-state index < -0.39 is 5.97 Å². The maximum absolute atomic E-state index is 10.9. The third-order valence-electron chi connectivity index (χ3n) is 2.09. The van der Waals surface area contributed by atoms with Crippen LogP contribution in [-0.4, -0.2) is 18.2 Å². The predicted octanol–water partition coefficient (Wildman–Crippen LogP) is 2.79. The van der Waals surface area contributed by atoms with E-state index in [0.29, 0.717) is 11.0 Å². The molecule has 0 atom stereocenters. The molecule has 4 nitrogen and oxygen atoms in total. The number of aromatic carboxylic acids is 1. The zero-order chi connectivity index (χ0) is 11.0. The topological polar surface area (TPSA) is 59.7 Å². The summed E-state index contributed by atoms with van der Waals surface area (Å²) in [4.78, 5) is 10.9. The highest BCUT2D eigenvalue weighted by atomic mass is 35.5. The highest BCUT2D eigenvalue weighted by molar-refractivity contribution is 6.37. The summed E-state index contributed by atoms with van der Waals surface area (Å²) in [5.74, 6) is -0.954. The minimum Gasteiger partial charge on any atom is -0.494 e. The molecular weight excluding hydrogens is 220 g/mol. The Balaban J connectivity index is 2.84. The van der Waals surface area contributed by atoms with Gasteiger partial charge in [0.05, 0.1) is 18.4 Å². The van der Waals surface area contributed by atoms with E-state index in [2.05, 4.69) is 0 Å². The van der Waals surface area contributed by atoms with E-state index in [1.54, 1.807) is 6.07 Å². The van der Waals surface area contributed by atoms with Gasteiger partial charge in [0, 0.05) is 5.39 Å². The molecule has 2 aromatic rings. The lowest BCUT2D eigenvalue weighted by atomic mass is 10.1. The van der Waals surface area contributed by atoms with Crippen molar-refractivity contribution in [2.24, 2.45) is 0 Å². The number of hydrogen-bond acceptors (Lipinski definition) is 3. The maximum Gasteiger partial charge on any atom is 0.339 e. The number of fused-ring (bicyclic) bond motifs is 1. The first kappa shape index (κ1) is 9.86. The van der Waals surface area contributed by atoms with Crippen molar-refractivity contribution in [2.75, 3.05) is 7.11 Å². The molecule has 0 amide bonds. The van der Waals surface area contributed by atoms with Gasteiger partial charge in [-0.2, -0.15) is 0 Å². The number of benzene rings is 1. The van der Waals surface area contributed by atoms with Gasteiger partial charge in [-0.05, 0) is 12.1 Å². The molecule has 0 spiro atoms. The number of furan rings is 1. The normalized spacial score (nSPS) is 10.5. The van der Waals surface area contributed by atoms with Gasteiger partial charge in [0.15, 0.2) is 5.75 Å². The fraction of sp³-hybridized carbons (Fsp3) is 0.100. The molecule has 5 heteroatoms. The third kappa shape index (κ3) is 1.43. The molecule has 1 aromatic heterocycles. The van der Waals surface area contributed by atoms with Crippen LogP contribution in [0.3, 0.4) is 0 Å². The van der Waals surface area contributed by atoms with Crippen LogP contribution in [0.5, 0.6) is 5.75 Å². The Labute approximate surface area is 90.0 Å². The van der Waals surface area contributed by atoms with Crippen molar-refractivity contribution in [1.82, 2.24) is 0 Å². The summed E-state index contributed by atoms with van der Waals surface area (Å²) in [5.41, 5.74) is 0.420. The number of carboxylic acids is 1. The number of hydrogen-bond donors (Lipinski definition) is 1. The first-order valence-electron chi connectivity index (χ1n) is 4.12. The quantitative estimate of drug-likeness (QED) is 0.855. The summed E-state index contributed by atoms with van der Waals surface area (Å²) in [7, 11) is 1.37. The van der Waals surface area contributed by atoms with E-state index >= 15 is 0 Å². The molecule has 2 rings (SSSR count). The summed E-state index contributed by atoms with van der Waals surface area (Å²) >= 11 is 5.98. The lowest BCUT2D eigenvalue weighted by Crippen LogP contribution is -2.00. The lowest BCUT2D eigenvalue weighted by molar-refractivity contribution is 0.0693. The number of carbonyl (C=O) groups is 1. The summed E-state index contributed by atoms with van der Waals surface area (Å²) in [6.45, 7) is 0. The maximum atomic E-state index is 10.9. The molecule has 1 aromatic carbocycles. The second kappa shape index (κ2) is 3.47. The molecule has 0 radical (unpaired) electrons. The van der Waals surface area contributed by atoms with Crippen LogP contribution in [0.25, 0.3) is 11.0 Å². The van der Waals surface area contributed by atoms with Crippen molar-refractivity contribution in [3.05, 3.63) is 29.0 Å². The second-order valence-corrected chi connectivity index (χ2v) is 3.29. The average Bonchev–Trinajstić information content (AvgIpc) is 2.65. The van der Waals surface area contributed by atoms with Gasteiger partial charge in [0.1, 0.15) is 11.1 Å². The van der Waals surface area contributed by atoms with Crippen LogP contribution in [0.4, 0.5) is 0 Å². The van der Waals surface area contributed by atoms with E-state index in [1.807, 2.05) is 0 Å². The van der Waals surface area contributed by atoms with E-state index in [0.717, 1.165) is 0 Å². The molecule has 1 N–H and O–H groups in total. The number of methoxy groups -OCH3 is 1. The molecule has 0 fully saturated rings. The van der Waals surface area contributed by atoms with Gasteiger partial charge in [0.25, 0.3) is 0 Å². The highest BCUT2D eigenvalue weighted by Gasteiger charge is 2.18. The van der Waals surface area contributed by atoms with Crippen LogP contribution < -0.4 is 4.74 Å². The monoisotopic (exact) mass is 226 g/mol. The van der Waals surface area contributed by atoms with Crippen LogP contribution in [0.1, 0.15) is 10.4 Å². The van der Waals surface area contributed by atoms with E-state index in [1.165, 1.54) is 19.4 Å². The Kier molecular flexibility index (Phi) is 2.28. The number of carboxylic acid groups (broad SMARTS) is 1. The van der Waals surface area contributed by atoms with Gasteiger partial charge in [-0.15, -0.1) is 0 Å². The van der Waals surface area contributed by atoms with Crippen molar-refractivity contribution < 1.29 is 19.1 Å². The zero-order valence-corrected chi connectivity index (χ0v) is 8.54. The van der Waals surface area contributed by atoms with Crippen LogP contribution in [0.2, 0.25) is 5.02 Å². The lowest BCUT2D eigenvalue weighted by Gasteiger charge is -2.07. The smallest absolute Gasteiger partial charge is 0.339 e. The molecule has 0 saturated carbocycles. The zero-order valence-electron chi connectivity index (χ0n) is 7.78. The average molecular weight is 227 g/mol. The number of halogens is 1. The summed E-state index contributed by atoms with van der Waals surface area (Å²) in [5, 5.41) is 9.83. The molecule has 78 valence electrons. The van der Waals surface area contributed by atoms with Gasteiger partial charge in [-0.1, -0.05) is 11.6 Å². The second-order valence-electron chi connectivity index (χ2n) is 2.91. The van der Waals surface area contributed by atoms with Crippen LogP contribution in [0.15, 0.2) is 22.8 Å². The van der Waals surface area contributed by atoms with Crippen LogP contribution in [-0.2, 0) is 0 Å². The predicted molar refractivity (Wildman–Crippen MR) is 54.7 cm³/mol. The number of rotatable bonds is 2. The standard InChI is InChI=1S/C10H7ClO4/c1-14-9-6(10(12)13)4-7-5(8(9)11)2-3-15-7/h2-4H,1H3,(H,12,13). The molecular formula is C10H7ClO4. The van der Waals surface area contributed by atoms with Crippen molar-refractivity contribution in [3.8, 4) is 5.75 Å². The first-order chi connectivity index (χ1) is 7.15. The molecule has 0 bridgehead atoms. The minimum absolute atomic E-state index is 0.00931. The Hall–Kier alpha value is -1.68. The third-order valence-corrected chi connectivity index (χ3v) is 2.46. The SMILES string of the molecule is COc1c(C(=O)O)cc2occc2c1Cl. The minimum atomic E-state index is -1.10. The van der Waals surface area contributed by atoms with E-state index in [9.17, 15) is 4.79 Å². The summed E-state index contributed by atoms with van der Waals surface area (Å²) in [6, 6.07) is 3.05. The largest absolute Gasteiger partial charge is 0.494 e. The van der Waals surface area contributed by atoms with Crippen LogP contribution >= 0.6 is 11.6 Å². The molecule has 0 aliphatic carbocycles. The van der Waals surface area contributed by atoms with Gasteiger partial charge < -0.3 is 14.3 Å². The molecule has 0 saturated heterocycles. The highest BCUT2D eigenvalue weighted by Crippen LogP contribution is 2.36. The van der Waals surface area contributed by atoms with Gasteiger partial charge in [-0.3, -0.25) is 0 Å². The molecule has 1 heterocycles. The van der Waals surface area contributed by atoms with Gasteiger partial charge in [-0.25, -0.2) is 4.79 Å². The van der Waals surface area contributed by atoms with Gasteiger partial charge in [0.2, 0.25) is 0 Å². The summed E-state index contributed by atoms with van der Waals surface area (Å²) < 4.78 is 10.0. The van der Waals surface area contributed by atoms with Crippen molar-refractivity contribution in [3.63, 3.8) is 0 Å². The first-order valence-corrected chi connectivity index (χ1v) is 4.50. The fourth-order valence-electron chi connectivity index (χ4n) is 1.41. The summed E-state index contributed by atoms with van der Waals surface area (Å²) in [6.07, 6.45) is 1.45. The Morgan fingerprint density at radius 2 is 2.33 bits per heavy atom. The Morgan fingerprint density at radius 3 is 2.93 bits per heavy atom. The van der Waals surface area contributed by atoms with Crippen molar-refractivity contribution >= 4 is 28.5 Å². The van der Waals surface area contributed by atoms with E-state index in [4.69, 9.17) is 25.9 Å². The van der Waals surface area contributed by atoms with Crippen LogP contribution in [0, 0.1) is 0 Å². The molecule has 15 heavy (non-hydrogen) atoms. The van der Waals surface area contributed by atoms with Gasteiger partial charge >= 0.3 is 5.97 Å². The molecule has 0 aliphatic rings. The van der Waals surface area contributed by atoms with Crippen molar-refractivity contribution in [2.45, 2.75) is 0 Å². The Bertz CT molecular complexity index is 529. The van der Waals surface area contributed by atoms with E-state index in [-0.39, 0.29) is 16.3 Å². The number of ether oxygens (including phenoxy) is 1. The Morgan fingerprint density at radius 1 is 1.60 bits per heavy atom.